The van der Waals surface area contributed by atoms with Gasteiger partial charge in [0.05, 0.1) is 10.6 Å². The van der Waals surface area contributed by atoms with Crippen LogP contribution in [-0.2, 0) is 28.4 Å². The van der Waals surface area contributed by atoms with Crippen LogP contribution in [0.5, 0.6) is 0 Å². The van der Waals surface area contributed by atoms with Crippen LogP contribution in [0, 0.1) is 0 Å². The molecule has 0 saturated carbocycles. The number of benzene rings is 2. The standard InChI is InChI=1S/C23H29ClN4O2S/c1-23(2,18-10-12-19(24)13-11-18)26-15-6-9-22-25-17-20(28-22)14-16-27-31(29,30)21-7-4-3-5-8-21/h3-5,7-8,10-13,17,26-27H,6,9,14-16H2,1-2H3,(H,25,28). The van der Waals surface area contributed by atoms with Crippen LogP contribution in [0.1, 0.15) is 37.4 Å². The average Bonchev–Trinajstić information content (AvgIpc) is 3.20. The maximum atomic E-state index is 12.2. The number of hydrogen-bond acceptors (Lipinski definition) is 4. The van der Waals surface area contributed by atoms with Crippen LogP contribution in [0.25, 0.3) is 0 Å². The SMILES string of the molecule is CC(C)(NCCCc1nc(CCNS(=O)(=O)c2ccccc2)c[nH]1)c1ccc(Cl)cc1. The van der Waals surface area contributed by atoms with Crippen LogP contribution in [0.4, 0.5) is 0 Å². The second-order valence-electron chi connectivity index (χ2n) is 7.96. The van der Waals surface area contributed by atoms with Gasteiger partial charge in [-0.05, 0) is 56.6 Å². The summed E-state index contributed by atoms with van der Waals surface area (Å²) in [6, 6.07) is 16.3. The van der Waals surface area contributed by atoms with Crippen molar-refractivity contribution in [2.75, 3.05) is 13.1 Å². The zero-order valence-corrected chi connectivity index (χ0v) is 19.4. The van der Waals surface area contributed by atoms with Crippen molar-refractivity contribution in [2.24, 2.45) is 0 Å². The van der Waals surface area contributed by atoms with Crippen molar-refractivity contribution in [3.8, 4) is 0 Å². The first kappa shape index (κ1) is 23.5. The number of aromatic nitrogens is 2. The lowest BCUT2D eigenvalue weighted by Crippen LogP contribution is -2.37. The molecule has 3 aromatic rings. The molecular weight excluding hydrogens is 432 g/mol. The molecule has 0 aliphatic heterocycles. The first-order valence-electron chi connectivity index (χ1n) is 10.4. The van der Waals surface area contributed by atoms with Gasteiger partial charge in [-0.25, -0.2) is 18.1 Å². The van der Waals surface area contributed by atoms with Crippen LogP contribution >= 0.6 is 11.6 Å². The largest absolute Gasteiger partial charge is 0.348 e. The van der Waals surface area contributed by atoms with Crippen LogP contribution < -0.4 is 10.0 Å². The minimum Gasteiger partial charge on any atom is -0.348 e. The lowest BCUT2D eigenvalue weighted by molar-refractivity contribution is 0.399. The van der Waals surface area contributed by atoms with E-state index in [2.05, 4.69) is 33.9 Å². The second kappa shape index (κ2) is 10.4. The molecule has 6 nitrogen and oxygen atoms in total. The summed E-state index contributed by atoms with van der Waals surface area (Å²) in [4.78, 5) is 8.03. The first-order chi connectivity index (χ1) is 14.8. The highest BCUT2D eigenvalue weighted by Crippen LogP contribution is 2.21. The third-order valence-electron chi connectivity index (χ3n) is 5.13. The Bertz CT molecular complexity index is 1060. The average molecular weight is 461 g/mol. The Labute approximate surface area is 189 Å². The molecule has 31 heavy (non-hydrogen) atoms. The third-order valence-corrected chi connectivity index (χ3v) is 6.86. The monoisotopic (exact) mass is 460 g/mol. The maximum Gasteiger partial charge on any atom is 0.240 e. The van der Waals surface area contributed by atoms with Gasteiger partial charge in [-0.2, -0.15) is 0 Å². The zero-order chi connectivity index (χ0) is 22.3. The third kappa shape index (κ3) is 6.90. The van der Waals surface area contributed by atoms with Crippen molar-refractivity contribution in [1.82, 2.24) is 20.0 Å². The summed E-state index contributed by atoms with van der Waals surface area (Å²) in [5.41, 5.74) is 1.89. The van der Waals surface area contributed by atoms with E-state index in [0.29, 0.717) is 13.0 Å². The molecule has 8 heteroatoms. The van der Waals surface area contributed by atoms with E-state index in [1.54, 1.807) is 30.3 Å². The van der Waals surface area contributed by atoms with Crippen LogP contribution in [-0.4, -0.2) is 31.5 Å². The van der Waals surface area contributed by atoms with Crippen molar-refractivity contribution in [2.45, 2.75) is 43.5 Å². The Kier molecular flexibility index (Phi) is 7.89. The summed E-state index contributed by atoms with van der Waals surface area (Å²) in [7, 11) is -3.48. The highest BCUT2D eigenvalue weighted by Gasteiger charge is 2.19. The number of H-pyrrole nitrogens is 1. The molecule has 1 heterocycles. The van der Waals surface area contributed by atoms with Gasteiger partial charge in [0.15, 0.2) is 0 Å². The summed E-state index contributed by atoms with van der Waals surface area (Å²) in [5.74, 6) is 0.909. The Morgan fingerprint density at radius 1 is 1.00 bits per heavy atom. The molecule has 3 N–H and O–H groups in total. The Morgan fingerprint density at radius 3 is 2.42 bits per heavy atom. The number of hydrogen-bond donors (Lipinski definition) is 3. The summed E-state index contributed by atoms with van der Waals surface area (Å²) in [5, 5.41) is 4.31. The van der Waals surface area contributed by atoms with E-state index < -0.39 is 10.0 Å². The van der Waals surface area contributed by atoms with E-state index in [9.17, 15) is 8.42 Å². The highest BCUT2D eigenvalue weighted by atomic mass is 35.5. The number of sulfonamides is 1. The molecule has 0 amide bonds. The van der Waals surface area contributed by atoms with E-state index >= 15 is 0 Å². The van der Waals surface area contributed by atoms with Crippen molar-refractivity contribution < 1.29 is 8.42 Å². The van der Waals surface area contributed by atoms with E-state index in [-0.39, 0.29) is 10.4 Å². The zero-order valence-electron chi connectivity index (χ0n) is 17.9. The summed E-state index contributed by atoms with van der Waals surface area (Å²) >= 11 is 5.98. The smallest absolute Gasteiger partial charge is 0.240 e. The van der Waals surface area contributed by atoms with E-state index in [4.69, 9.17) is 11.6 Å². The van der Waals surface area contributed by atoms with Gasteiger partial charge < -0.3 is 10.3 Å². The number of aryl methyl sites for hydroxylation is 1. The van der Waals surface area contributed by atoms with Gasteiger partial charge in [-0.3, -0.25) is 0 Å². The van der Waals surface area contributed by atoms with Crippen LogP contribution in [0.3, 0.4) is 0 Å². The van der Waals surface area contributed by atoms with Gasteiger partial charge in [0, 0.05) is 36.1 Å². The second-order valence-corrected chi connectivity index (χ2v) is 10.2. The highest BCUT2D eigenvalue weighted by molar-refractivity contribution is 7.89. The molecule has 2 aromatic carbocycles. The van der Waals surface area contributed by atoms with Gasteiger partial charge in [0.25, 0.3) is 0 Å². The fourth-order valence-corrected chi connectivity index (χ4v) is 4.46. The minimum atomic E-state index is -3.48. The van der Waals surface area contributed by atoms with E-state index in [0.717, 1.165) is 35.9 Å². The van der Waals surface area contributed by atoms with Crippen LogP contribution in [0.15, 0.2) is 65.7 Å². The molecule has 0 unspecified atom stereocenters. The van der Waals surface area contributed by atoms with Gasteiger partial charge in [0.1, 0.15) is 5.82 Å². The molecule has 0 spiro atoms. The molecule has 1 aromatic heterocycles. The number of rotatable bonds is 11. The number of halogens is 1. The van der Waals surface area contributed by atoms with Crippen molar-refractivity contribution in [3.05, 3.63) is 82.9 Å². The molecule has 0 saturated heterocycles. The van der Waals surface area contributed by atoms with Gasteiger partial charge in [-0.1, -0.05) is 41.9 Å². The fraction of sp³-hybridized carbons (Fsp3) is 0.348. The molecule has 0 fully saturated rings. The first-order valence-corrected chi connectivity index (χ1v) is 12.2. The Morgan fingerprint density at radius 2 is 1.71 bits per heavy atom. The van der Waals surface area contributed by atoms with Gasteiger partial charge in [-0.15, -0.1) is 0 Å². The van der Waals surface area contributed by atoms with Crippen molar-refractivity contribution in [3.63, 3.8) is 0 Å². The number of nitrogens with zero attached hydrogens (tertiary/aromatic N) is 1. The Balaban J connectivity index is 1.40. The molecule has 0 atom stereocenters. The predicted octanol–water partition coefficient (Wildman–Crippen LogP) is 4.04. The molecule has 3 rings (SSSR count). The molecule has 0 aliphatic carbocycles. The van der Waals surface area contributed by atoms with Gasteiger partial charge in [0.2, 0.25) is 10.0 Å². The summed E-state index contributed by atoms with van der Waals surface area (Å²) < 4.78 is 27.1. The number of imidazole rings is 1. The lowest BCUT2D eigenvalue weighted by atomic mass is 9.94. The molecule has 166 valence electrons. The topological polar surface area (TPSA) is 86.9 Å². The van der Waals surface area contributed by atoms with E-state index in [1.807, 2.05) is 30.5 Å². The lowest BCUT2D eigenvalue weighted by Gasteiger charge is -2.27. The quantitative estimate of drug-likeness (QED) is 0.377. The maximum absolute atomic E-state index is 12.2. The predicted molar refractivity (Wildman–Crippen MR) is 125 cm³/mol. The summed E-state index contributed by atoms with van der Waals surface area (Å²) in [6.07, 6.45) is 4.13. The normalized spacial score (nSPS) is 12.2. The molecule has 0 radical (unpaired) electrons. The summed E-state index contributed by atoms with van der Waals surface area (Å²) in [6.45, 7) is 5.45. The fourth-order valence-electron chi connectivity index (χ4n) is 3.28. The molecule has 0 aliphatic rings. The molecule has 0 bridgehead atoms. The van der Waals surface area contributed by atoms with Crippen molar-refractivity contribution >= 4 is 21.6 Å². The number of nitrogens with one attached hydrogen (secondary N) is 3. The van der Waals surface area contributed by atoms with Crippen LogP contribution in [0.2, 0.25) is 5.02 Å². The Hall–Kier alpha value is -2.19. The number of aromatic amines is 1. The molecular formula is C23H29ClN4O2S. The van der Waals surface area contributed by atoms with Gasteiger partial charge >= 0.3 is 0 Å². The van der Waals surface area contributed by atoms with E-state index in [1.165, 1.54) is 5.56 Å². The van der Waals surface area contributed by atoms with Crippen molar-refractivity contribution in [1.29, 1.82) is 0 Å². The minimum absolute atomic E-state index is 0.144.